The number of carbonyl (C=O) groups excluding carboxylic acids is 1. The van der Waals surface area contributed by atoms with Crippen LogP contribution in [0.1, 0.15) is 79.2 Å². The molecule has 9 heteroatoms. The predicted octanol–water partition coefficient (Wildman–Crippen LogP) is 4.76. The van der Waals surface area contributed by atoms with Crippen LogP contribution in [0.4, 0.5) is 0 Å². The number of amidine groups is 1. The van der Waals surface area contributed by atoms with Crippen molar-refractivity contribution in [2.75, 3.05) is 45.9 Å². The number of nitrogens with one attached hydrogen (secondary N) is 2. The molecule has 1 aliphatic heterocycles. The quantitative estimate of drug-likeness (QED) is 0.142. The number of rotatable bonds is 14. The largest absolute Gasteiger partial charge is 0.384 e. The number of hydrogen-bond acceptors (Lipinski definition) is 6. The van der Waals surface area contributed by atoms with Crippen LogP contribution < -0.4 is 11.1 Å². The fourth-order valence-corrected chi connectivity index (χ4v) is 6.52. The Morgan fingerprint density at radius 1 is 1.07 bits per heavy atom. The van der Waals surface area contributed by atoms with Crippen molar-refractivity contribution in [1.29, 1.82) is 5.41 Å². The van der Waals surface area contributed by atoms with E-state index >= 15 is 0 Å². The van der Waals surface area contributed by atoms with E-state index in [4.69, 9.17) is 20.9 Å². The molecule has 2 aliphatic rings. The maximum absolute atomic E-state index is 14.1. The van der Waals surface area contributed by atoms with Crippen LogP contribution in [0.25, 0.3) is 11.0 Å². The molecule has 2 fully saturated rings. The smallest absolute Gasteiger partial charge is 0.268 e. The molecule has 3 aromatic rings. The third-order valence-corrected chi connectivity index (χ3v) is 8.99. The topological polar surface area (TPSA) is 112 Å². The summed E-state index contributed by atoms with van der Waals surface area (Å²) in [4.78, 5) is 19.2. The van der Waals surface area contributed by atoms with Crippen LogP contribution in [-0.2, 0) is 24.1 Å². The molecule has 0 bridgehead atoms. The van der Waals surface area contributed by atoms with Crippen molar-refractivity contribution in [3.05, 3.63) is 65.0 Å². The van der Waals surface area contributed by atoms with Crippen molar-refractivity contribution in [2.24, 2.45) is 11.7 Å². The average Bonchev–Trinajstić information content (AvgIpc) is 3.39. The van der Waals surface area contributed by atoms with Gasteiger partial charge in [0.25, 0.3) is 5.91 Å². The minimum Gasteiger partial charge on any atom is -0.384 e. The molecule has 5 rings (SSSR count). The zero-order valence-corrected chi connectivity index (χ0v) is 25.8. The van der Waals surface area contributed by atoms with E-state index in [2.05, 4.69) is 21.0 Å². The molecule has 0 atom stereocenters. The van der Waals surface area contributed by atoms with E-state index in [0.717, 1.165) is 93.3 Å². The second kappa shape index (κ2) is 15.5. The monoisotopic (exact) mass is 587 g/mol. The van der Waals surface area contributed by atoms with E-state index in [1.54, 1.807) is 0 Å². The highest BCUT2D eigenvalue weighted by Crippen LogP contribution is 2.27. The van der Waals surface area contributed by atoms with Gasteiger partial charge in [0.15, 0.2) is 0 Å². The number of nitrogen functional groups attached to an aromatic ring is 1. The fourth-order valence-electron chi connectivity index (χ4n) is 6.52. The lowest BCUT2D eigenvalue weighted by Crippen LogP contribution is -2.55. The number of aryl methyl sites for hydroxylation is 3. The van der Waals surface area contributed by atoms with E-state index in [9.17, 15) is 4.79 Å². The highest BCUT2D eigenvalue weighted by Gasteiger charge is 2.26. The van der Waals surface area contributed by atoms with Crippen molar-refractivity contribution < 1.29 is 9.53 Å². The van der Waals surface area contributed by atoms with E-state index < -0.39 is 0 Å². The van der Waals surface area contributed by atoms with Gasteiger partial charge in [-0.2, -0.15) is 0 Å². The molecule has 1 amide bonds. The SMILES string of the molecule is CCOCCCn1c(CCc2ccc(C(=N)N)cc2)nc2cc(C(=O)N(CCC3CCCCC3)N3CCNCC3)ccc21. The van der Waals surface area contributed by atoms with E-state index in [1.165, 1.54) is 37.7 Å². The Bertz CT molecular complexity index is 1340. The van der Waals surface area contributed by atoms with Gasteiger partial charge in [0.1, 0.15) is 11.7 Å². The van der Waals surface area contributed by atoms with E-state index in [1.807, 2.05) is 48.3 Å². The molecule has 9 nitrogen and oxygen atoms in total. The summed E-state index contributed by atoms with van der Waals surface area (Å²) in [6, 6.07) is 13.9. The predicted molar refractivity (Wildman–Crippen MR) is 172 cm³/mol. The van der Waals surface area contributed by atoms with Gasteiger partial charge in [-0.15, -0.1) is 0 Å². The van der Waals surface area contributed by atoms with Gasteiger partial charge in [-0.05, 0) is 55.9 Å². The van der Waals surface area contributed by atoms with Crippen LogP contribution in [0, 0.1) is 11.3 Å². The first-order chi connectivity index (χ1) is 21.0. The average molecular weight is 588 g/mol. The van der Waals surface area contributed by atoms with Crippen LogP contribution in [-0.4, -0.2) is 77.2 Å². The molecular weight excluding hydrogens is 538 g/mol. The molecule has 43 heavy (non-hydrogen) atoms. The van der Waals surface area contributed by atoms with Gasteiger partial charge < -0.3 is 20.4 Å². The first kappa shape index (κ1) is 31.2. The summed E-state index contributed by atoms with van der Waals surface area (Å²) in [6.45, 7) is 8.54. The van der Waals surface area contributed by atoms with Crippen molar-refractivity contribution >= 4 is 22.8 Å². The Morgan fingerprint density at radius 3 is 2.53 bits per heavy atom. The minimum absolute atomic E-state index is 0.0810. The second-order valence-corrected chi connectivity index (χ2v) is 12.0. The van der Waals surface area contributed by atoms with Gasteiger partial charge in [-0.1, -0.05) is 56.4 Å². The highest BCUT2D eigenvalue weighted by molar-refractivity contribution is 5.97. The van der Waals surface area contributed by atoms with E-state index in [0.29, 0.717) is 18.8 Å². The summed E-state index contributed by atoms with van der Waals surface area (Å²) in [5, 5.41) is 15.4. The van der Waals surface area contributed by atoms with Crippen molar-refractivity contribution in [1.82, 2.24) is 24.9 Å². The van der Waals surface area contributed by atoms with Crippen molar-refractivity contribution in [3.8, 4) is 0 Å². The van der Waals surface area contributed by atoms with Gasteiger partial charge in [0.05, 0.1) is 11.0 Å². The number of imidazole rings is 1. The zero-order valence-electron chi connectivity index (χ0n) is 25.8. The molecule has 232 valence electrons. The number of amides is 1. The van der Waals surface area contributed by atoms with E-state index in [-0.39, 0.29) is 11.7 Å². The van der Waals surface area contributed by atoms with Crippen LogP contribution >= 0.6 is 0 Å². The van der Waals surface area contributed by atoms with Crippen molar-refractivity contribution in [3.63, 3.8) is 0 Å². The number of fused-ring (bicyclic) bond motifs is 1. The van der Waals surface area contributed by atoms with Gasteiger partial charge in [0, 0.05) is 70.0 Å². The number of nitrogens with two attached hydrogens (primary N) is 1. The lowest BCUT2D eigenvalue weighted by Gasteiger charge is -2.38. The molecule has 4 N–H and O–H groups in total. The molecule has 0 spiro atoms. The summed E-state index contributed by atoms with van der Waals surface area (Å²) in [6.07, 6.45) is 10.2. The molecule has 1 aromatic heterocycles. The normalized spacial score (nSPS) is 16.5. The van der Waals surface area contributed by atoms with Gasteiger partial charge in [0.2, 0.25) is 0 Å². The summed E-state index contributed by atoms with van der Waals surface area (Å²) in [5.41, 5.74) is 10.2. The Balaban J connectivity index is 1.36. The minimum atomic E-state index is 0.0810. The van der Waals surface area contributed by atoms with Crippen LogP contribution in [0.5, 0.6) is 0 Å². The summed E-state index contributed by atoms with van der Waals surface area (Å²) < 4.78 is 7.92. The molecule has 2 heterocycles. The van der Waals surface area contributed by atoms with Gasteiger partial charge in [-0.25, -0.2) is 9.99 Å². The summed E-state index contributed by atoms with van der Waals surface area (Å²) in [7, 11) is 0. The number of hydrogen-bond donors (Lipinski definition) is 3. The molecule has 0 unspecified atom stereocenters. The Labute approximate surface area is 256 Å². The lowest BCUT2D eigenvalue weighted by atomic mass is 9.87. The molecular formula is C34H49N7O2. The maximum atomic E-state index is 14.1. The fraction of sp³-hybridized carbons (Fsp3) is 0.559. The van der Waals surface area contributed by atoms with Gasteiger partial charge >= 0.3 is 0 Å². The number of ether oxygens (including phenoxy) is 1. The number of benzene rings is 2. The third-order valence-electron chi connectivity index (χ3n) is 8.99. The number of aromatic nitrogens is 2. The summed E-state index contributed by atoms with van der Waals surface area (Å²) in [5.74, 6) is 1.90. The standard InChI is InChI=1S/C34H49N7O2/c1-2-43-24-6-20-40-31-15-14-29(25-30(31)38-32(40)16-11-27-9-12-28(13-10-27)33(35)36)34(42)41(39-22-18-37-19-23-39)21-17-26-7-4-3-5-8-26/h9-10,12-15,25-26,37H,2-8,11,16-24H2,1H3,(H3,35,36). The first-order valence-electron chi connectivity index (χ1n) is 16.3. The Morgan fingerprint density at radius 2 is 1.81 bits per heavy atom. The number of nitrogens with zero attached hydrogens (tertiary/aromatic N) is 4. The third kappa shape index (κ3) is 8.22. The second-order valence-electron chi connectivity index (χ2n) is 12.0. The molecule has 2 aromatic carbocycles. The zero-order chi connectivity index (χ0) is 30.0. The van der Waals surface area contributed by atoms with Crippen molar-refractivity contribution in [2.45, 2.75) is 71.3 Å². The number of hydrazine groups is 1. The number of piperazine rings is 1. The number of carbonyl (C=O) groups is 1. The van der Waals surface area contributed by atoms with Crippen LogP contribution in [0.2, 0.25) is 0 Å². The highest BCUT2D eigenvalue weighted by atomic mass is 16.5. The first-order valence-corrected chi connectivity index (χ1v) is 16.3. The van der Waals surface area contributed by atoms with Gasteiger partial charge in [-0.3, -0.25) is 15.2 Å². The maximum Gasteiger partial charge on any atom is 0.268 e. The van der Waals surface area contributed by atoms with Crippen LogP contribution in [0.3, 0.4) is 0 Å². The molecule has 1 aliphatic carbocycles. The Hall–Kier alpha value is -3.27. The summed E-state index contributed by atoms with van der Waals surface area (Å²) >= 11 is 0. The lowest BCUT2D eigenvalue weighted by molar-refractivity contribution is -0.0206. The van der Waals surface area contributed by atoms with Crippen LogP contribution in [0.15, 0.2) is 42.5 Å². The molecule has 1 saturated carbocycles. The molecule has 0 radical (unpaired) electrons. The molecule has 1 saturated heterocycles. The Kier molecular flexibility index (Phi) is 11.2.